The number of nitrogens with zero attached hydrogens (tertiary/aromatic N) is 2. The summed E-state index contributed by atoms with van der Waals surface area (Å²) in [7, 11) is 0. The van der Waals surface area contributed by atoms with Gasteiger partial charge in [-0.05, 0) is 15.9 Å². The quantitative estimate of drug-likeness (QED) is 0.669. The van der Waals surface area contributed by atoms with Gasteiger partial charge in [0.1, 0.15) is 10.6 Å². The van der Waals surface area contributed by atoms with Crippen molar-refractivity contribution in [3.63, 3.8) is 0 Å². The highest BCUT2D eigenvalue weighted by Crippen LogP contribution is 2.06. The summed E-state index contributed by atoms with van der Waals surface area (Å²) in [6.45, 7) is 0.415. The Morgan fingerprint density at radius 1 is 1.47 bits per heavy atom. The maximum atomic E-state index is 11.8. The fourth-order valence-corrected chi connectivity index (χ4v) is 1.55. The number of carbonyl (C=O) groups is 2. The number of piperazine rings is 1. The minimum absolute atomic E-state index is 0.113. The molecule has 2 amide bonds. The van der Waals surface area contributed by atoms with Crippen LogP contribution in [0.4, 0.5) is 5.82 Å². The van der Waals surface area contributed by atoms with Crippen molar-refractivity contribution in [1.29, 1.82) is 0 Å². The molecule has 2 heterocycles. The van der Waals surface area contributed by atoms with Crippen molar-refractivity contribution in [2.75, 3.05) is 18.4 Å². The van der Waals surface area contributed by atoms with E-state index in [9.17, 15) is 9.59 Å². The highest BCUT2D eigenvalue weighted by molar-refractivity contribution is 9.10. The van der Waals surface area contributed by atoms with Crippen molar-refractivity contribution in [1.82, 2.24) is 20.6 Å². The number of rotatable bonds is 2. The van der Waals surface area contributed by atoms with Crippen LogP contribution in [-0.2, 0) is 9.59 Å². The molecule has 1 unspecified atom stereocenters. The molecule has 1 atom stereocenters. The number of carbonyl (C=O) groups excluding carboxylic acids is 2. The maximum absolute atomic E-state index is 11.8. The summed E-state index contributed by atoms with van der Waals surface area (Å²) in [6, 6.07) is -0.446. The van der Waals surface area contributed by atoms with Gasteiger partial charge >= 0.3 is 0 Å². The van der Waals surface area contributed by atoms with Crippen LogP contribution in [0.1, 0.15) is 0 Å². The van der Waals surface area contributed by atoms with Gasteiger partial charge in [0.05, 0.1) is 18.9 Å². The molecule has 0 spiro atoms. The fourth-order valence-electron chi connectivity index (χ4n) is 1.34. The van der Waals surface area contributed by atoms with Gasteiger partial charge in [-0.1, -0.05) is 0 Å². The Morgan fingerprint density at radius 2 is 2.29 bits per heavy atom. The predicted octanol–water partition coefficient (Wildman–Crippen LogP) is -0.734. The van der Waals surface area contributed by atoms with Gasteiger partial charge in [0.25, 0.3) is 0 Å². The fraction of sp³-hybridized carbons (Fsp3) is 0.333. The van der Waals surface area contributed by atoms with Crippen LogP contribution in [0, 0.1) is 0 Å². The van der Waals surface area contributed by atoms with E-state index in [1.165, 1.54) is 12.4 Å². The van der Waals surface area contributed by atoms with Crippen LogP contribution in [0.25, 0.3) is 0 Å². The standard InChI is InChI=1S/C9H10BrN5O2/c10-6-2-13-7(3-12-6)15-9(17)5-1-14-8(16)4-11-5/h2-3,5,11H,1,4H2,(H,14,16)(H,13,15,17). The molecule has 0 saturated carbocycles. The summed E-state index contributed by atoms with van der Waals surface area (Å²) < 4.78 is 0.596. The van der Waals surface area contributed by atoms with E-state index in [0.717, 1.165) is 0 Å². The first kappa shape index (κ1) is 11.9. The molecule has 2 rings (SSSR count). The maximum Gasteiger partial charge on any atom is 0.244 e. The molecule has 1 aromatic heterocycles. The topological polar surface area (TPSA) is 96.0 Å². The predicted molar refractivity (Wildman–Crippen MR) is 63.2 cm³/mol. The zero-order valence-electron chi connectivity index (χ0n) is 8.74. The van der Waals surface area contributed by atoms with Gasteiger partial charge in [-0.3, -0.25) is 14.9 Å². The van der Waals surface area contributed by atoms with Gasteiger partial charge in [-0.25, -0.2) is 9.97 Å². The third-order valence-electron chi connectivity index (χ3n) is 2.20. The minimum atomic E-state index is -0.446. The molecule has 1 aliphatic rings. The van der Waals surface area contributed by atoms with E-state index in [2.05, 4.69) is 41.8 Å². The average Bonchev–Trinajstić information content (AvgIpc) is 2.33. The van der Waals surface area contributed by atoms with Crippen LogP contribution in [0.15, 0.2) is 17.0 Å². The van der Waals surface area contributed by atoms with Gasteiger partial charge in [0.2, 0.25) is 11.8 Å². The summed E-state index contributed by atoms with van der Waals surface area (Å²) in [5.74, 6) is 0.0102. The number of anilines is 1. The molecule has 0 bridgehead atoms. The van der Waals surface area contributed by atoms with Crippen LogP contribution < -0.4 is 16.0 Å². The molecule has 1 aliphatic heterocycles. The first-order chi connectivity index (χ1) is 8.15. The number of hydrogen-bond acceptors (Lipinski definition) is 5. The van der Waals surface area contributed by atoms with Crippen molar-refractivity contribution in [3.8, 4) is 0 Å². The third-order valence-corrected chi connectivity index (χ3v) is 2.61. The Morgan fingerprint density at radius 3 is 2.88 bits per heavy atom. The molecule has 1 aromatic rings. The number of hydrogen-bond donors (Lipinski definition) is 3. The summed E-state index contributed by atoms with van der Waals surface area (Å²) in [6.07, 6.45) is 2.94. The van der Waals surface area contributed by atoms with E-state index in [4.69, 9.17) is 0 Å². The van der Waals surface area contributed by atoms with Crippen molar-refractivity contribution < 1.29 is 9.59 Å². The number of aromatic nitrogens is 2. The van der Waals surface area contributed by atoms with Crippen molar-refractivity contribution in [2.24, 2.45) is 0 Å². The van der Waals surface area contributed by atoms with E-state index in [-0.39, 0.29) is 24.9 Å². The molecule has 0 aromatic carbocycles. The summed E-state index contributed by atoms with van der Waals surface area (Å²) in [5, 5.41) is 8.03. The molecule has 17 heavy (non-hydrogen) atoms. The SMILES string of the molecule is O=C1CNC(C(=O)Nc2cnc(Br)cn2)CN1. The molecular weight excluding hydrogens is 290 g/mol. The highest BCUT2D eigenvalue weighted by atomic mass is 79.9. The molecule has 3 N–H and O–H groups in total. The van der Waals surface area contributed by atoms with Crippen molar-refractivity contribution >= 4 is 33.6 Å². The van der Waals surface area contributed by atoms with Gasteiger partial charge in [-0.15, -0.1) is 0 Å². The average molecular weight is 300 g/mol. The monoisotopic (exact) mass is 299 g/mol. The Bertz CT molecular complexity index is 426. The van der Waals surface area contributed by atoms with Crippen molar-refractivity contribution in [2.45, 2.75) is 6.04 Å². The molecule has 90 valence electrons. The number of halogens is 1. The summed E-state index contributed by atoms with van der Waals surface area (Å²) in [4.78, 5) is 30.6. The second kappa shape index (κ2) is 5.19. The van der Waals surface area contributed by atoms with Crippen LogP contribution in [0.2, 0.25) is 0 Å². The highest BCUT2D eigenvalue weighted by Gasteiger charge is 2.23. The lowest BCUT2D eigenvalue weighted by Gasteiger charge is -2.22. The Kier molecular flexibility index (Phi) is 3.64. The van der Waals surface area contributed by atoms with Crippen LogP contribution in [-0.4, -0.2) is 40.9 Å². The smallest absolute Gasteiger partial charge is 0.244 e. The van der Waals surface area contributed by atoms with E-state index in [1.807, 2.05) is 0 Å². The number of amides is 2. The number of nitrogens with one attached hydrogen (secondary N) is 3. The second-order valence-electron chi connectivity index (χ2n) is 3.45. The Labute approximate surface area is 106 Å². The van der Waals surface area contributed by atoms with Crippen LogP contribution in [0.5, 0.6) is 0 Å². The lowest BCUT2D eigenvalue weighted by atomic mass is 10.2. The molecule has 7 nitrogen and oxygen atoms in total. The largest absolute Gasteiger partial charge is 0.353 e. The molecule has 1 saturated heterocycles. The second-order valence-corrected chi connectivity index (χ2v) is 4.26. The lowest BCUT2D eigenvalue weighted by Crippen LogP contribution is -2.56. The molecule has 8 heteroatoms. The molecule has 0 radical (unpaired) electrons. The Balaban J connectivity index is 1.92. The minimum Gasteiger partial charge on any atom is -0.353 e. The lowest BCUT2D eigenvalue weighted by molar-refractivity contribution is -0.124. The van der Waals surface area contributed by atoms with Crippen LogP contribution >= 0.6 is 15.9 Å². The normalized spacial score (nSPS) is 19.6. The van der Waals surface area contributed by atoms with Crippen molar-refractivity contribution in [3.05, 3.63) is 17.0 Å². The zero-order valence-corrected chi connectivity index (χ0v) is 10.3. The first-order valence-electron chi connectivity index (χ1n) is 4.93. The summed E-state index contributed by atoms with van der Waals surface area (Å²) in [5.41, 5.74) is 0. The molecule has 1 fully saturated rings. The summed E-state index contributed by atoms with van der Waals surface area (Å²) >= 11 is 3.15. The molecule has 0 aliphatic carbocycles. The van der Waals surface area contributed by atoms with E-state index < -0.39 is 6.04 Å². The third kappa shape index (κ3) is 3.21. The van der Waals surface area contributed by atoms with E-state index in [1.54, 1.807) is 0 Å². The molecular formula is C9H10BrN5O2. The van der Waals surface area contributed by atoms with E-state index in [0.29, 0.717) is 10.4 Å². The van der Waals surface area contributed by atoms with Gasteiger partial charge in [0.15, 0.2) is 5.82 Å². The van der Waals surface area contributed by atoms with Gasteiger partial charge < -0.3 is 10.6 Å². The van der Waals surface area contributed by atoms with Crippen LogP contribution in [0.3, 0.4) is 0 Å². The first-order valence-corrected chi connectivity index (χ1v) is 5.73. The Hall–Kier alpha value is -1.54. The van der Waals surface area contributed by atoms with Gasteiger partial charge in [0, 0.05) is 6.54 Å². The van der Waals surface area contributed by atoms with E-state index >= 15 is 0 Å². The van der Waals surface area contributed by atoms with Gasteiger partial charge in [-0.2, -0.15) is 0 Å². The zero-order chi connectivity index (χ0) is 12.3.